The zero-order valence-corrected chi connectivity index (χ0v) is 34.9. The minimum absolute atomic E-state index is 0.636. The van der Waals surface area contributed by atoms with Crippen molar-refractivity contribution in [2.24, 2.45) is 0 Å². The van der Waals surface area contributed by atoms with Crippen LogP contribution >= 0.6 is 0 Å². The second kappa shape index (κ2) is 15.7. The average Bonchev–Trinajstić information content (AvgIpc) is 3.83. The molecule has 12 aromatic rings. The van der Waals surface area contributed by atoms with Gasteiger partial charge in [-0.2, -0.15) is 0 Å². The van der Waals surface area contributed by atoms with Crippen LogP contribution in [0.15, 0.2) is 247 Å². The molecule has 0 saturated carbocycles. The molecule has 0 spiro atoms. The summed E-state index contributed by atoms with van der Waals surface area (Å²) >= 11 is 0. The molecule has 0 unspecified atom stereocenters. The van der Waals surface area contributed by atoms with Crippen molar-refractivity contribution in [3.05, 3.63) is 243 Å². The summed E-state index contributed by atoms with van der Waals surface area (Å²) in [5.41, 5.74) is 15.3. The van der Waals surface area contributed by atoms with Gasteiger partial charge in [0.15, 0.2) is 5.58 Å². The van der Waals surface area contributed by atoms with Crippen LogP contribution in [-0.2, 0) is 0 Å². The third kappa shape index (κ3) is 6.77. The van der Waals surface area contributed by atoms with Crippen molar-refractivity contribution >= 4 is 60.5 Å². The molecule has 0 aliphatic carbocycles. The summed E-state index contributed by atoms with van der Waals surface area (Å²) in [6.45, 7) is 0. The largest absolute Gasteiger partial charge is 0.436 e. The predicted molar refractivity (Wildman–Crippen MR) is 268 cm³/mol. The fourth-order valence-electron chi connectivity index (χ4n) is 9.24. The number of oxazole rings is 1. The SMILES string of the molecule is c1ccc(-c2cccc(N(c3ccc(-c4ccc(-c5ccc6ccc7oc(-c8ccccc8)nc7c6c5)cc4)cc3)c3ccc(-c4cc5ccccc5c5ccccc45)cc3)c2)cc1. The van der Waals surface area contributed by atoms with Gasteiger partial charge in [-0.15, -0.1) is 0 Å². The molecular weight excluding hydrogens is 777 g/mol. The molecule has 1 aromatic heterocycles. The van der Waals surface area contributed by atoms with E-state index >= 15 is 0 Å². The zero-order chi connectivity index (χ0) is 42.4. The molecule has 300 valence electrons. The Morgan fingerprint density at radius 2 is 0.812 bits per heavy atom. The Labute approximate surface area is 371 Å². The standard InChI is InChI=1S/C61H40N2O/c1-3-12-41(13-4-1)48-17-11-18-53(38-48)63(52-35-30-45(31-36-52)57-40-50-16-7-8-19-54(50)55-20-9-10-21-56(55)57)51-33-28-43(29-34-51)42-22-24-44(25-23-42)49-27-26-46-32-37-59-60(58(46)39-49)62-61(64-59)47-14-5-2-6-15-47/h1-40H. The number of hydrogen-bond acceptors (Lipinski definition) is 3. The first-order chi connectivity index (χ1) is 31.7. The second-order valence-corrected chi connectivity index (χ2v) is 16.3. The van der Waals surface area contributed by atoms with Crippen LogP contribution in [0.4, 0.5) is 17.1 Å². The minimum atomic E-state index is 0.636. The van der Waals surface area contributed by atoms with Crippen LogP contribution in [0, 0.1) is 0 Å². The summed E-state index contributed by atoms with van der Waals surface area (Å²) in [6, 6.07) is 86.8. The quantitative estimate of drug-likeness (QED) is 0.143. The Morgan fingerprint density at radius 3 is 1.53 bits per heavy atom. The molecule has 0 aliphatic rings. The maximum absolute atomic E-state index is 6.20. The Bertz CT molecular complexity index is 3630. The van der Waals surface area contributed by atoms with Gasteiger partial charge in [0.25, 0.3) is 0 Å². The number of nitrogens with zero attached hydrogens (tertiary/aromatic N) is 2. The molecule has 3 heteroatoms. The number of anilines is 3. The summed E-state index contributed by atoms with van der Waals surface area (Å²) in [5, 5.41) is 7.27. The molecule has 12 rings (SSSR count). The van der Waals surface area contributed by atoms with E-state index in [1.54, 1.807) is 0 Å². The van der Waals surface area contributed by atoms with E-state index in [0.29, 0.717) is 5.89 Å². The summed E-state index contributed by atoms with van der Waals surface area (Å²) in [4.78, 5) is 7.30. The third-order valence-corrected chi connectivity index (χ3v) is 12.5. The third-order valence-electron chi connectivity index (χ3n) is 12.5. The Morgan fingerprint density at radius 1 is 0.297 bits per heavy atom. The van der Waals surface area contributed by atoms with Gasteiger partial charge in [0.1, 0.15) is 5.52 Å². The molecule has 11 aromatic carbocycles. The van der Waals surface area contributed by atoms with Crippen molar-refractivity contribution in [2.75, 3.05) is 4.90 Å². The average molecular weight is 817 g/mol. The van der Waals surface area contributed by atoms with E-state index in [1.807, 2.05) is 36.4 Å². The smallest absolute Gasteiger partial charge is 0.227 e. The van der Waals surface area contributed by atoms with Crippen molar-refractivity contribution in [1.82, 2.24) is 4.98 Å². The van der Waals surface area contributed by atoms with Crippen LogP contribution in [0.5, 0.6) is 0 Å². The first kappa shape index (κ1) is 37.2. The number of rotatable bonds is 8. The lowest BCUT2D eigenvalue weighted by molar-refractivity contribution is 0.620. The molecule has 0 fully saturated rings. The van der Waals surface area contributed by atoms with Gasteiger partial charge in [-0.1, -0.05) is 176 Å². The van der Waals surface area contributed by atoms with Gasteiger partial charge in [-0.05, 0) is 138 Å². The van der Waals surface area contributed by atoms with Crippen LogP contribution in [0.2, 0.25) is 0 Å². The summed E-state index contributed by atoms with van der Waals surface area (Å²) < 4.78 is 6.20. The highest BCUT2D eigenvalue weighted by Gasteiger charge is 2.17. The number of aromatic nitrogens is 1. The molecule has 3 nitrogen and oxygen atoms in total. The first-order valence-corrected chi connectivity index (χ1v) is 21.8. The molecule has 0 saturated heterocycles. The van der Waals surface area contributed by atoms with E-state index in [9.17, 15) is 0 Å². The first-order valence-electron chi connectivity index (χ1n) is 21.8. The molecule has 1 heterocycles. The molecule has 0 atom stereocenters. The van der Waals surface area contributed by atoms with Crippen LogP contribution in [0.25, 0.3) is 99.4 Å². The van der Waals surface area contributed by atoms with Crippen molar-refractivity contribution in [1.29, 1.82) is 0 Å². The maximum atomic E-state index is 6.20. The summed E-state index contributed by atoms with van der Waals surface area (Å²) in [5.74, 6) is 0.636. The minimum Gasteiger partial charge on any atom is -0.436 e. The van der Waals surface area contributed by atoms with E-state index in [1.165, 1.54) is 43.8 Å². The van der Waals surface area contributed by atoms with Gasteiger partial charge >= 0.3 is 0 Å². The van der Waals surface area contributed by atoms with E-state index in [-0.39, 0.29) is 0 Å². The van der Waals surface area contributed by atoms with Gasteiger partial charge in [0.2, 0.25) is 5.89 Å². The Balaban J connectivity index is 0.877. The highest BCUT2D eigenvalue weighted by atomic mass is 16.3. The molecular formula is C61H40N2O. The van der Waals surface area contributed by atoms with Gasteiger partial charge in [0.05, 0.1) is 0 Å². The molecule has 0 N–H and O–H groups in total. The number of benzene rings is 11. The Kier molecular flexibility index (Phi) is 9.16. The van der Waals surface area contributed by atoms with Gasteiger partial charge in [0, 0.05) is 28.0 Å². The predicted octanol–water partition coefficient (Wildman–Crippen LogP) is 17.1. The van der Waals surface area contributed by atoms with Crippen molar-refractivity contribution in [3.63, 3.8) is 0 Å². The van der Waals surface area contributed by atoms with Gasteiger partial charge < -0.3 is 9.32 Å². The topological polar surface area (TPSA) is 29.3 Å². The highest BCUT2D eigenvalue weighted by molar-refractivity contribution is 6.14. The van der Waals surface area contributed by atoms with Gasteiger partial charge in [-0.25, -0.2) is 4.98 Å². The van der Waals surface area contributed by atoms with Crippen molar-refractivity contribution in [2.45, 2.75) is 0 Å². The van der Waals surface area contributed by atoms with Crippen molar-refractivity contribution < 1.29 is 4.42 Å². The fraction of sp³-hybridized carbons (Fsp3) is 0. The molecule has 0 radical (unpaired) electrons. The number of hydrogen-bond donors (Lipinski definition) is 0. The number of fused-ring (bicyclic) bond motifs is 6. The fourth-order valence-corrected chi connectivity index (χ4v) is 9.24. The van der Waals surface area contributed by atoms with E-state index < -0.39 is 0 Å². The molecule has 0 amide bonds. The van der Waals surface area contributed by atoms with Gasteiger partial charge in [-0.3, -0.25) is 0 Å². The molecule has 64 heavy (non-hydrogen) atoms. The lowest BCUT2D eigenvalue weighted by atomic mass is 9.93. The van der Waals surface area contributed by atoms with E-state index in [2.05, 4.69) is 211 Å². The highest BCUT2D eigenvalue weighted by Crippen LogP contribution is 2.41. The van der Waals surface area contributed by atoms with Crippen LogP contribution in [0.3, 0.4) is 0 Å². The van der Waals surface area contributed by atoms with E-state index in [0.717, 1.165) is 66.8 Å². The monoisotopic (exact) mass is 816 g/mol. The van der Waals surface area contributed by atoms with E-state index in [4.69, 9.17) is 9.40 Å². The van der Waals surface area contributed by atoms with Crippen LogP contribution in [0.1, 0.15) is 0 Å². The normalized spacial score (nSPS) is 11.4. The lowest BCUT2D eigenvalue weighted by Crippen LogP contribution is -2.10. The zero-order valence-electron chi connectivity index (χ0n) is 34.9. The molecule has 0 bridgehead atoms. The maximum Gasteiger partial charge on any atom is 0.227 e. The summed E-state index contributed by atoms with van der Waals surface area (Å²) in [6.07, 6.45) is 0. The Hall–Kier alpha value is -8.53. The summed E-state index contributed by atoms with van der Waals surface area (Å²) in [7, 11) is 0. The van der Waals surface area contributed by atoms with Crippen molar-refractivity contribution in [3.8, 4) is 56.0 Å². The lowest BCUT2D eigenvalue weighted by Gasteiger charge is -2.26. The van der Waals surface area contributed by atoms with Crippen LogP contribution < -0.4 is 4.90 Å². The second-order valence-electron chi connectivity index (χ2n) is 16.3. The van der Waals surface area contributed by atoms with Crippen LogP contribution in [-0.4, -0.2) is 4.98 Å². The molecule has 0 aliphatic heterocycles.